The number of carbonyl (C=O) groups excluding carboxylic acids is 1. The van der Waals surface area contributed by atoms with E-state index in [9.17, 15) is 4.79 Å². The standard InChI is InChI=1S/C23H21N3OS/c27-20-15-28-23(24-20)26-22(17-10-5-2-6-11-17)19-13-7-12-18(21(19)25-26)14-16-8-3-1-4-9-16/h1-6,8-11,14,19,22H,7,12-13,15H2. The highest BCUT2D eigenvalue weighted by Crippen LogP contribution is 2.45. The largest absolute Gasteiger partial charge is 0.272 e. The van der Waals surface area contributed by atoms with Crippen LogP contribution >= 0.6 is 11.8 Å². The number of hydrazone groups is 1. The number of rotatable bonds is 2. The van der Waals surface area contributed by atoms with E-state index in [-0.39, 0.29) is 11.9 Å². The molecule has 3 aliphatic rings. The second-order valence-corrected chi connectivity index (χ2v) is 8.28. The fraction of sp³-hybridized carbons (Fsp3) is 0.261. The SMILES string of the molecule is O=C1CSC(N2N=C3C(=Cc4ccccc4)CCCC3C2c2ccccc2)=N1. The van der Waals surface area contributed by atoms with E-state index in [1.165, 1.54) is 28.5 Å². The molecular formula is C23H21N3OS. The molecule has 2 unspecified atom stereocenters. The molecule has 1 fully saturated rings. The Kier molecular flexibility index (Phi) is 4.61. The van der Waals surface area contributed by atoms with E-state index >= 15 is 0 Å². The Hall–Kier alpha value is -2.66. The Bertz CT molecular complexity index is 981. The normalized spacial score (nSPS) is 25.6. The Morgan fingerprint density at radius 3 is 2.50 bits per heavy atom. The average Bonchev–Trinajstić information content (AvgIpc) is 3.33. The van der Waals surface area contributed by atoms with Gasteiger partial charge in [0.15, 0.2) is 5.17 Å². The Labute approximate surface area is 169 Å². The van der Waals surface area contributed by atoms with E-state index < -0.39 is 0 Å². The maximum Gasteiger partial charge on any atom is 0.258 e. The van der Waals surface area contributed by atoms with E-state index in [4.69, 9.17) is 5.10 Å². The molecular weight excluding hydrogens is 366 g/mol. The first-order valence-electron chi connectivity index (χ1n) is 9.72. The van der Waals surface area contributed by atoms with Crippen molar-refractivity contribution in [3.8, 4) is 0 Å². The van der Waals surface area contributed by atoms with Crippen molar-refractivity contribution >= 4 is 34.6 Å². The van der Waals surface area contributed by atoms with Gasteiger partial charge in [0.25, 0.3) is 5.91 Å². The summed E-state index contributed by atoms with van der Waals surface area (Å²) in [4.78, 5) is 16.0. The van der Waals surface area contributed by atoms with Crippen molar-refractivity contribution in [2.45, 2.75) is 25.3 Å². The summed E-state index contributed by atoms with van der Waals surface area (Å²) in [6.07, 6.45) is 5.56. The van der Waals surface area contributed by atoms with Gasteiger partial charge in [0.05, 0.1) is 17.5 Å². The van der Waals surface area contributed by atoms with Crippen LogP contribution < -0.4 is 0 Å². The topological polar surface area (TPSA) is 45.0 Å². The lowest BCUT2D eigenvalue weighted by Gasteiger charge is -2.30. The maximum absolute atomic E-state index is 11.8. The molecule has 2 aliphatic heterocycles. The second-order valence-electron chi connectivity index (χ2n) is 7.34. The van der Waals surface area contributed by atoms with E-state index in [0.29, 0.717) is 11.7 Å². The number of benzene rings is 2. The lowest BCUT2D eigenvalue weighted by molar-refractivity contribution is -0.115. The first-order chi connectivity index (χ1) is 13.8. The zero-order valence-electron chi connectivity index (χ0n) is 15.5. The lowest BCUT2D eigenvalue weighted by atomic mass is 9.77. The van der Waals surface area contributed by atoms with Crippen LogP contribution in [0.4, 0.5) is 0 Å². The minimum absolute atomic E-state index is 0.0677. The number of carbonyl (C=O) groups is 1. The van der Waals surface area contributed by atoms with Gasteiger partial charge in [0, 0.05) is 5.92 Å². The quantitative estimate of drug-likeness (QED) is 0.735. The van der Waals surface area contributed by atoms with Crippen molar-refractivity contribution < 1.29 is 4.79 Å². The molecule has 2 atom stereocenters. The average molecular weight is 388 g/mol. The van der Waals surface area contributed by atoms with Crippen molar-refractivity contribution in [2.75, 3.05) is 5.75 Å². The predicted octanol–water partition coefficient (Wildman–Crippen LogP) is 4.91. The summed E-state index contributed by atoms with van der Waals surface area (Å²) in [5.74, 6) is 0.669. The van der Waals surface area contributed by atoms with Crippen molar-refractivity contribution in [1.82, 2.24) is 5.01 Å². The molecule has 0 aromatic heterocycles. The van der Waals surface area contributed by atoms with Crippen LogP contribution in [-0.4, -0.2) is 27.5 Å². The van der Waals surface area contributed by atoms with Gasteiger partial charge in [-0.15, -0.1) is 0 Å². The second kappa shape index (κ2) is 7.40. The van der Waals surface area contributed by atoms with Crippen LogP contribution in [0, 0.1) is 5.92 Å². The Morgan fingerprint density at radius 1 is 1.04 bits per heavy atom. The molecule has 0 radical (unpaired) electrons. The highest BCUT2D eigenvalue weighted by Gasteiger charge is 2.43. The van der Waals surface area contributed by atoms with Crippen molar-refractivity contribution in [2.24, 2.45) is 16.0 Å². The Morgan fingerprint density at radius 2 is 1.79 bits per heavy atom. The molecule has 0 saturated heterocycles. The van der Waals surface area contributed by atoms with Crippen LogP contribution in [0.3, 0.4) is 0 Å². The molecule has 2 aromatic rings. The fourth-order valence-corrected chi connectivity index (χ4v) is 5.08. The van der Waals surface area contributed by atoms with E-state index in [1.807, 2.05) is 17.1 Å². The third-order valence-corrected chi connectivity index (χ3v) is 6.45. The van der Waals surface area contributed by atoms with Gasteiger partial charge in [-0.2, -0.15) is 10.1 Å². The predicted molar refractivity (Wildman–Crippen MR) is 115 cm³/mol. The number of hydrogen-bond acceptors (Lipinski definition) is 4. The van der Waals surface area contributed by atoms with Crippen LogP contribution in [0.2, 0.25) is 0 Å². The number of amidine groups is 1. The molecule has 1 amide bonds. The van der Waals surface area contributed by atoms with Gasteiger partial charge in [-0.1, -0.05) is 72.4 Å². The minimum Gasteiger partial charge on any atom is -0.272 e. The number of fused-ring (bicyclic) bond motifs is 1. The van der Waals surface area contributed by atoms with E-state index in [0.717, 1.165) is 30.1 Å². The van der Waals surface area contributed by atoms with Gasteiger partial charge in [-0.25, -0.2) is 5.01 Å². The summed E-state index contributed by atoms with van der Waals surface area (Å²) >= 11 is 1.50. The number of nitrogens with zero attached hydrogens (tertiary/aromatic N) is 3. The van der Waals surface area contributed by atoms with Crippen LogP contribution in [-0.2, 0) is 4.79 Å². The smallest absolute Gasteiger partial charge is 0.258 e. The summed E-state index contributed by atoms with van der Waals surface area (Å²) in [7, 11) is 0. The van der Waals surface area contributed by atoms with Crippen molar-refractivity contribution in [3.05, 3.63) is 77.4 Å². The zero-order valence-corrected chi connectivity index (χ0v) is 16.3. The molecule has 5 rings (SSSR count). The molecule has 140 valence electrons. The maximum atomic E-state index is 11.8. The first-order valence-corrected chi connectivity index (χ1v) is 10.7. The molecule has 0 bridgehead atoms. The van der Waals surface area contributed by atoms with Gasteiger partial charge in [0.2, 0.25) is 0 Å². The highest BCUT2D eigenvalue weighted by molar-refractivity contribution is 8.14. The number of amides is 1. The molecule has 1 saturated carbocycles. The molecule has 1 aliphatic carbocycles. The van der Waals surface area contributed by atoms with Gasteiger partial charge >= 0.3 is 0 Å². The summed E-state index contributed by atoms with van der Waals surface area (Å²) < 4.78 is 0. The van der Waals surface area contributed by atoms with Gasteiger partial charge < -0.3 is 0 Å². The first kappa shape index (κ1) is 17.4. The van der Waals surface area contributed by atoms with Crippen molar-refractivity contribution in [1.29, 1.82) is 0 Å². The van der Waals surface area contributed by atoms with Crippen molar-refractivity contribution in [3.63, 3.8) is 0 Å². The summed E-state index contributed by atoms with van der Waals surface area (Å²) in [5, 5.41) is 7.78. The summed E-state index contributed by atoms with van der Waals surface area (Å²) in [6.45, 7) is 0. The number of aliphatic imine (C=N–C) groups is 1. The van der Waals surface area contributed by atoms with Gasteiger partial charge in [-0.3, -0.25) is 4.79 Å². The molecule has 0 spiro atoms. The lowest BCUT2D eigenvalue weighted by Crippen LogP contribution is -2.30. The third-order valence-electron chi connectivity index (χ3n) is 5.52. The molecule has 2 aromatic carbocycles. The molecule has 4 nitrogen and oxygen atoms in total. The number of allylic oxidation sites excluding steroid dienone is 1. The molecule has 0 N–H and O–H groups in total. The monoisotopic (exact) mass is 387 g/mol. The van der Waals surface area contributed by atoms with Crippen LogP contribution in [0.15, 0.2) is 76.3 Å². The van der Waals surface area contributed by atoms with Gasteiger partial charge in [-0.05, 0) is 42.0 Å². The zero-order chi connectivity index (χ0) is 18.9. The van der Waals surface area contributed by atoms with Crippen LogP contribution in [0.5, 0.6) is 0 Å². The highest BCUT2D eigenvalue weighted by atomic mass is 32.2. The summed E-state index contributed by atoms with van der Waals surface area (Å²) in [6, 6.07) is 21.1. The third kappa shape index (κ3) is 3.20. The van der Waals surface area contributed by atoms with E-state index in [1.54, 1.807) is 0 Å². The number of hydrogen-bond donors (Lipinski definition) is 0. The minimum atomic E-state index is -0.0677. The Balaban J connectivity index is 1.57. The molecule has 28 heavy (non-hydrogen) atoms. The van der Waals surface area contributed by atoms with Crippen LogP contribution in [0.1, 0.15) is 36.4 Å². The molecule has 2 heterocycles. The van der Waals surface area contributed by atoms with Gasteiger partial charge in [0.1, 0.15) is 0 Å². The van der Waals surface area contributed by atoms with Crippen LogP contribution in [0.25, 0.3) is 6.08 Å². The fourth-order valence-electron chi connectivity index (χ4n) is 4.31. The van der Waals surface area contributed by atoms with E-state index in [2.05, 4.69) is 59.6 Å². The summed E-state index contributed by atoms with van der Waals surface area (Å²) in [5.41, 5.74) is 4.90. The number of thioether (sulfide) groups is 1. The molecule has 5 heteroatoms.